The van der Waals surface area contributed by atoms with Gasteiger partial charge in [-0.1, -0.05) is 52.3 Å². The summed E-state index contributed by atoms with van der Waals surface area (Å²) in [7, 11) is 1.79. The molecule has 24 heavy (non-hydrogen) atoms. The smallest absolute Gasteiger partial charge is 0.224 e. The normalized spacial score (nSPS) is 11.2. The molecule has 0 aliphatic rings. The number of nitrogens with one attached hydrogen (secondary N) is 1. The first-order chi connectivity index (χ1) is 11.6. The Kier molecular flexibility index (Phi) is 6.81. The van der Waals surface area contributed by atoms with Gasteiger partial charge in [-0.3, -0.25) is 9.79 Å². The van der Waals surface area contributed by atoms with Crippen LogP contribution in [0.5, 0.6) is 0 Å². The molecule has 2 rings (SSSR count). The largest absolute Gasteiger partial charge is 0.370 e. The van der Waals surface area contributed by atoms with Crippen molar-refractivity contribution in [2.45, 2.75) is 13.0 Å². The minimum atomic E-state index is 0.0296. The molecule has 0 aliphatic carbocycles. The lowest BCUT2D eigenvalue weighted by Crippen LogP contribution is -2.28. The maximum Gasteiger partial charge on any atom is 0.224 e. The van der Waals surface area contributed by atoms with Crippen LogP contribution in [0, 0.1) is 0 Å². The Balaban J connectivity index is 1.79. The summed E-state index contributed by atoms with van der Waals surface area (Å²) >= 11 is 3.49. The van der Waals surface area contributed by atoms with Gasteiger partial charge in [0.1, 0.15) is 0 Å². The van der Waals surface area contributed by atoms with Crippen LogP contribution in [0.2, 0.25) is 0 Å². The van der Waals surface area contributed by atoms with Gasteiger partial charge in [0.15, 0.2) is 5.96 Å². The van der Waals surface area contributed by atoms with Crippen LogP contribution in [0.15, 0.2) is 64.1 Å². The minimum absolute atomic E-state index is 0.0296. The van der Waals surface area contributed by atoms with Crippen LogP contribution < -0.4 is 11.1 Å². The molecule has 0 radical (unpaired) electrons. The first-order valence-electron chi connectivity index (χ1n) is 7.65. The number of carbonyl (C=O) groups excluding carboxylic acids is 1. The number of hydrogen-bond acceptors (Lipinski definition) is 2. The number of nitrogens with two attached hydrogens (primary N) is 1. The second-order valence-electron chi connectivity index (χ2n) is 5.35. The number of anilines is 1. The van der Waals surface area contributed by atoms with E-state index >= 15 is 0 Å². The summed E-state index contributed by atoms with van der Waals surface area (Å²) in [6, 6.07) is 17.4. The van der Waals surface area contributed by atoms with E-state index in [9.17, 15) is 4.79 Å². The van der Waals surface area contributed by atoms with Crippen molar-refractivity contribution in [1.29, 1.82) is 0 Å². The summed E-state index contributed by atoms with van der Waals surface area (Å²) in [6.45, 7) is 0.909. The van der Waals surface area contributed by atoms with E-state index in [1.807, 2.05) is 54.6 Å². The third-order valence-corrected chi connectivity index (χ3v) is 4.22. The first-order valence-corrected chi connectivity index (χ1v) is 8.45. The van der Waals surface area contributed by atoms with E-state index in [2.05, 4.69) is 26.2 Å². The van der Waals surface area contributed by atoms with Crippen LogP contribution in [-0.2, 0) is 11.3 Å². The van der Waals surface area contributed by atoms with E-state index in [1.165, 1.54) is 0 Å². The molecule has 0 bridgehead atoms. The Bertz CT molecular complexity index is 703. The molecule has 0 aliphatic heterocycles. The summed E-state index contributed by atoms with van der Waals surface area (Å²) in [5, 5.41) is 2.99. The van der Waals surface area contributed by atoms with Crippen LogP contribution in [0.25, 0.3) is 0 Å². The van der Waals surface area contributed by atoms with Crippen molar-refractivity contribution in [3.05, 3.63) is 64.6 Å². The van der Waals surface area contributed by atoms with Gasteiger partial charge in [-0.25, -0.2) is 0 Å². The zero-order valence-electron chi connectivity index (χ0n) is 13.6. The van der Waals surface area contributed by atoms with Crippen molar-refractivity contribution in [3.8, 4) is 0 Å². The van der Waals surface area contributed by atoms with Gasteiger partial charge in [-0.2, -0.15) is 0 Å². The summed E-state index contributed by atoms with van der Waals surface area (Å²) in [6.07, 6.45) is 0.318. The van der Waals surface area contributed by atoms with Crippen LogP contribution in [0.1, 0.15) is 12.0 Å². The predicted octanol–water partition coefficient (Wildman–Crippen LogP) is 3.22. The highest BCUT2D eigenvalue weighted by atomic mass is 79.9. The zero-order valence-corrected chi connectivity index (χ0v) is 15.2. The molecule has 0 heterocycles. The molecule has 0 unspecified atom stereocenters. The fourth-order valence-corrected chi connectivity index (χ4v) is 2.55. The van der Waals surface area contributed by atoms with E-state index in [-0.39, 0.29) is 5.91 Å². The molecule has 0 saturated carbocycles. The summed E-state index contributed by atoms with van der Waals surface area (Å²) in [5.41, 5.74) is 7.76. The number of para-hydroxylation sites is 1. The Morgan fingerprint density at radius 2 is 1.83 bits per heavy atom. The van der Waals surface area contributed by atoms with E-state index < -0.39 is 0 Å². The standard InChI is InChI=1S/C18H21BrN4O/c1-23(13-14-7-5-6-10-16(14)19)17(24)11-12-21-18(20)22-15-8-3-2-4-9-15/h2-10H,11-13H2,1H3,(H3,20,21,22). The molecule has 1 amide bonds. The number of guanidine groups is 1. The second kappa shape index (κ2) is 9.08. The second-order valence-corrected chi connectivity index (χ2v) is 6.20. The van der Waals surface area contributed by atoms with Crippen LogP contribution in [0.4, 0.5) is 5.69 Å². The topological polar surface area (TPSA) is 70.7 Å². The highest BCUT2D eigenvalue weighted by Gasteiger charge is 2.10. The third kappa shape index (κ3) is 5.70. The minimum Gasteiger partial charge on any atom is -0.370 e. The molecule has 6 heteroatoms. The highest BCUT2D eigenvalue weighted by Crippen LogP contribution is 2.17. The number of nitrogens with zero attached hydrogens (tertiary/aromatic N) is 2. The Labute approximate surface area is 150 Å². The van der Waals surface area contributed by atoms with E-state index in [4.69, 9.17) is 5.73 Å². The monoisotopic (exact) mass is 388 g/mol. The van der Waals surface area contributed by atoms with Gasteiger partial charge in [0, 0.05) is 30.2 Å². The van der Waals surface area contributed by atoms with Gasteiger partial charge >= 0.3 is 0 Å². The van der Waals surface area contributed by atoms with Crippen molar-refractivity contribution in [1.82, 2.24) is 4.90 Å². The number of benzene rings is 2. The molecule has 2 aromatic rings. The van der Waals surface area contributed by atoms with Crippen LogP contribution in [-0.4, -0.2) is 30.4 Å². The third-order valence-electron chi connectivity index (χ3n) is 3.45. The SMILES string of the molecule is CN(Cc1ccccc1Br)C(=O)CCN=C(N)Nc1ccccc1. The van der Waals surface area contributed by atoms with Crippen molar-refractivity contribution in [2.24, 2.45) is 10.7 Å². The maximum atomic E-state index is 12.2. The van der Waals surface area contributed by atoms with Gasteiger partial charge in [-0.15, -0.1) is 0 Å². The highest BCUT2D eigenvalue weighted by molar-refractivity contribution is 9.10. The molecule has 0 fully saturated rings. The zero-order chi connectivity index (χ0) is 17.4. The van der Waals surface area contributed by atoms with Crippen molar-refractivity contribution in [2.75, 3.05) is 18.9 Å². The summed E-state index contributed by atoms with van der Waals surface area (Å²) < 4.78 is 0.999. The Morgan fingerprint density at radius 3 is 2.54 bits per heavy atom. The molecular formula is C18H21BrN4O. The van der Waals surface area contributed by atoms with Gasteiger partial charge in [0.25, 0.3) is 0 Å². The molecule has 0 saturated heterocycles. The van der Waals surface area contributed by atoms with Crippen molar-refractivity contribution < 1.29 is 4.79 Å². The maximum absolute atomic E-state index is 12.2. The van der Waals surface area contributed by atoms with E-state index in [0.29, 0.717) is 25.5 Å². The molecule has 0 atom stereocenters. The quantitative estimate of drug-likeness (QED) is 0.589. The van der Waals surface area contributed by atoms with Crippen LogP contribution >= 0.6 is 15.9 Å². The summed E-state index contributed by atoms with van der Waals surface area (Å²) in [5.74, 6) is 0.337. The molecule has 2 aromatic carbocycles. The molecule has 5 nitrogen and oxygen atoms in total. The van der Waals surface area contributed by atoms with E-state index in [0.717, 1.165) is 15.7 Å². The lowest BCUT2D eigenvalue weighted by molar-refractivity contribution is -0.130. The lowest BCUT2D eigenvalue weighted by atomic mass is 10.2. The number of halogens is 1. The lowest BCUT2D eigenvalue weighted by Gasteiger charge is -2.17. The molecule has 126 valence electrons. The van der Waals surface area contributed by atoms with Crippen molar-refractivity contribution >= 4 is 33.5 Å². The average molecular weight is 389 g/mol. The predicted molar refractivity (Wildman–Crippen MR) is 102 cm³/mol. The number of carbonyl (C=O) groups is 1. The van der Waals surface area contributed by atoms with Crippen LogP contribution in [0.3, 0.4) is 0 Å². The first kappa shape index (κ1) is 18.0. The van der Waals surface area contributed by atoms with Gasteiger partial charge in [0.2, 0.25) is 5.91 Å². The van der Waals surface area contributed by atoms with E-state index in [1.54, 1.807) is 11.9 Å². The Morgan fingerprint density at radius 1 is 1.17 bits per heavy atom. The van der Waals surface area contributed by atoms with Gasteiger partial charge < -0.3 is 16.0 Å². The molecule has 0 aromatic heterocycles. The fraction of sp³-hybridized carbons (Fsp3) is 0.222. The van der Waals surface area contributed by atoms with Crippen molar-refractivity contribution in [3.63, 3.8) is 0 Å². The molecule has 0 spiro atoms. The number of rotatable bonds is 6. The molecular weight excluding hydrogens is 368 g/mol. The Hall–Kier alpha value is -2.34. The summed E-state index contributed by atoms with van der Waals surface area (Å²) in [4.78, 5) is 18.1. The number of aliphatic imine (C=N–C) groups is 1. The number of amides is 1. The molecule has 3 N–H and O–H groups in total. The average Bonchev–Trinajstić information content (AvgIpc) is 2.57. The fourth-order valence-electron chi connectivity index (χ4n) is 2.14. The number of hydrogen-bond donors (Lipinski definition) is 2. The van der Waals surface area contributed by atoms with Gasteiger partial charge in [-0.05, 0) is 23.8 Å². The van der Waals surface area contributed by atoms with Gasteiger partial charge in [0.05, 0.1) is 6.54 Å².